The zero-order valence-corrected chi connectivity index (χ0v) is 12.0. The molecule has 2 aromatic heterocycles. The van der Waals surface area contributed by atoms with E-state index >= 15 is 0 Å². The zero-order valence-electron chi connectivity index (χ0n) is 11.3. The Hall–Kier alpha value is -2.54. The van der Waals surface area contributed by atoms with E-state index in [1.54, 1.807) is 12.1 Å². The van der Waals surface area contributed by atoms with E-state index in [2.05, 4.69) is 10.1 Å². The van der Waals surface area contributed by atoms with Gasteiger partial charge in [0.2, 0.25) is 5.89 Å². The number of oxazole rings is 1. The van der Waals surface area contributed by atoms with Crippen LogP contribution in [0.25, 0.3) is 11.0 Å². The van der Waals surface area contributed by atoms with Crippen LogP contribution in [0, 0.1) is 0 Å². The van der Waals surface area contributed by atoms with E-state index in [9.17, 15) is 4.79 Å². The van der Waals surface area contributed by atoms with Crippen molar-refractivity contribution in [2.45, 2.75) is 19.4 Å². The Balaban J connectivity index is 1.81. The van der Waals surface area contributed by atoms with Crippen LogP contribution in [0.4, 0.5) is 0 Å². The van der Waals surface area contributed by atoms with Crippen molar-refractivity contribution in [1.29, 1.82) is 0 Å². The van der Waals surface area contributed by atoms with E-state index < -0.39 is 5.97 Å². The summed E-state index contributed by atoms with van der Waals surface area (Å²) in [6, 6.07) is 3.26. The molecule has 0 saturated heterocycles. The topological polar surface area (TPSA) is 98.6 Å². The normalized spacial score (nSPS) is 11.0. The molecule has 8 heteroatoms. The maximum absolute atomic E-state index is 10.6. The SMILES string of the molecule is O=C(O)CCc1noc2cc(OCc3ncco3)c(Cl)cc12. The quantitative estimate of drug-likeness (QED) is 0.744. The highest BCUT2D eigenvalue weighted by molar-refractivity contribution is 6.32. The van der Waals surface area contributed by atoms with Gasteiger partial charge in [0.05, 0.1) is 23.3 Å². The minimum absolute atomic E-state index is 0.0261. The van der Waals surface area contributed by atoms with Gasteiger partial charge in [0.15, 0.2) is 12.2 Å². The van der Waals surface area contributed by atoms with Crippen LogP contribution < -0.4 is 4.74 Å². The Morgan fingerprint density at radius 3 is 3.00 bits per heavy atom. The molecule has 0 unspecified atom stereocenters. The number of nitrogens with zero attached hydrogens (tertiary/aromatic N) is 2. The third-order valence-corrected chi connectivity index (χ3v) is 3.30. The molecular formula is C14H11ClN2O5. The number of aliphatic carboxylic acids is 1. The Morgan fingerprint density at radius 1 is 1.41 bits per heavy atom. The number of carbonyl (C=O) groups is 1. The highest BCUT2D eigenvalue weighted by atomic mass is 35.5. The van der Waals surface area contributed by atoms with E-state index in [0.717, 1.165) is 0 Å². The number of fused-ring (bicyclic) bond motifs is 1. The van der Waals surface area contributed by atoms with Gasteiger partial charge < -0.3 is 18.8 Å². The van der Waals surface area contributed by atoms with Gasteiger partial charge in [0, 0.05) is 17.9 Å². The third kappa shape index (κ3) is 3.04. The van der Waals surface area contributed by atoms with E-state index in [1.807, 2.05) is 0 Å². The van der Waals surface area contributed by atoms with Gasteiger partial charge in [-0.05, 0) is 6.07 Å². The molecule has 0 bridgehead atoms. The van der Waals surface area contributed by atoms with Gasteiger partial charge in [-0.15, -0.1) is 0 Å². The molecule has 0 aliphatic heterocycles. The van der Waals surface area contributed by atoms with E-state index in [-0.39, 0.29) is 19.4 Å². The lowest BCUT2D eigenvalue weighted by Crippen LogP contribution is -1.98. The maximum Gasteiger partial charge on any atom is 0.303 e. The Labute approximate surface area is 129 Å². The van der Waals surface area contributed by atoms with Crippen LogP contribution in [0.1, 0.15) is 18.0 Å². The molecule has 0 atom stereocenters. The standard InChI is InChI=1S/C14H11ClN2O5/c15-9-5-8-10(1-2-14(18)19)17-22-11(8)6-12(9)21-7-13-16-3-4-20-13/h3-6H,1-2,7H2,(H,18,19). The Kier molecular flexibility index (Phi) is 3.97. The lowest BCUT2D eigenvalue weighted by Gasteiger charge is -2.05. The molecule has 1 aromatic carbocycles. The molecule has 0 amide bonds. The fourth-order valence-electron chi connectivity index (χ4n) is 1.97. The van der Waals surface area contributed by atoms with Gasteiger partial charge in [-0.1, -0.05) is 16.8 Å². The number of carboxylic acid groups (broad SMARTS) is 1. The van der Waals surface area contributed by atoms with Crippen molar-refractivity contribution in [1.82, 2.24) is 10.1 Å². The number of carboxylic acids is 1. The van der Waals surface area contributed by atoms with E-state index in [4.69, 9.17) is 30.4 Å². The number of hydrogen-bond donors (Lipinski definition) is 1. The van der Waals surface area contributed by atoms with Gasteiger partial charge >= 0.3 is 5.97 Å². The summed E-state index contributed by atoms with van der Waals surface area (Å²) in [4.78, 5) is 14.6. The number of aromatic nitrogens is 2. The average Bonchev–Trinajstić information content (AvgIpc) is 3.12. The molecular weight excluding hydrogens is 312 g/mol. The van der Waals surface area contributed by atoms with Gasteiger partial charge in [0.1, 0.15) is 12.0 Å². The lowest BCUT2D eigenvalue weighted by atomic mass is 10.1. The number of rotatable bonds is 6. The fourth-order valence-corrected chi connectivity index (χ4v) is 2.19. The third-order valence-electron chi connectivity index (χ3n) is 3.01. The van der Waals surface area contributed by atoms with Crippen molar-refractivity contribution >= 4 is 28.5 Å². The summed E-state index contributed by atoms with van der Waals surface area (Å²) in [5, 5.41) is 13.6. The molecule has 0 spiro atoms. The van der Waals surface area contributed by atoms with Crippen LogP contribution in [0.15, 0.2) is 33.5 Å². The summed E-state index contributed by atoms with van der Waals surface area (Å²) < 4.78 is 15.8. The van der Waals surface area contributed by atoms with Crippen molar-refractivity contribution in [2.75, 3.05) is 0 Å². The molecule has 7 nitrogen and oxygen atoms in total. The number of ether oxygens (including phenoxy) is 1. The summed E-state index contributed by atoms with van der Waals surface area (Å²) in [7, 11) is 0. The molecule has 2 heterocycles. The van der Waals surface area contributed by atoms with Crippen LogP contribution in [0.5, 0.6) is 5.75 Å². The largest absolute Gasteiger partial charge is 0.482 e. The van der Waals surface area contributed by atoms with Crippen molar-refractivity contribution < 1.29 is 23.6 Å². The first-order valence-electron chi connectivity index (χ1n) is 6.44. The predicted molar refractivity (Wildman–Crippen MR) is 75.8 cm³/mol. The molecule has 22 heavy (non-hydrogen) atoms. The minimum atomic E-state index is -0.895. The van der Waals surface area contributed by atoms with Gasteiger partial charge in [0.25, 0.3) is 0 Å². The minimum Gasteiger partial charge on any atom is -0.482 e. The second-order valence-electron chi connectivity index (χ2n) is 4.52. The Morgan fingerprint density at radius 2 is 2.27 bits per heavy atom. The predicted octanol–water partition coefficient (Wildman–Crippen LogP) is 3.07. The van der Waals surface area contributed by atoms with Crippen molar-refractivity contribution in [3.63, 3.8) is 0 Å². The molecule has 0 fully saturated rings. The molecule has 3 aromatic rings. The van der Waals surface area contributed by atoms with Crippen molar-refractivity contribution in [3.05, 3.63) is 41.2 Å². The number of benzene rings is 1. The molecule has 0 radical (unpaired) electrons. The molecule has 0 saturated carbocycles. The van der Waals surface area contributed by atoms with Crippen molar-refractivity contribution in [2.24, 2.45) is 0 Å². The first kappa shape index (κ1) is 14.4. The summed E-state index contributed by atoms with van der Waals surface area (Å²) >= 11 is 6.17. The van der Waals surface area contributed by atoms with E-state index in [1.165, 1.54) is 12.5 Å². The van der Waals surface area contributed by atoms with Crippen LogP contribution >= 0.6 is 11.6 Å². The van der Waals surface area contributed by atoms with Crippen LogP contribution in [0.3, 0.4) is 0 Å². The fraction of sp³-hybridized carbons (Fsp3) is 0.214. The number of aryl methyl sites for hydroxylation is 1. The second-order valence-corrected chi connectivity index (χ2v) is 4.92. The lowest BCUT2D eigenvalue weighted by molar-refractivity contribution is -0.136. The summed E-state index contributed by atoms with van der Waals surface area (Å²) in [6.07, 6.45) is 3.22. The van der Waals surface area contributed by atoms with Gasteiger partial charge in [-0.25, -0.2) is 4.98 Å². The van der Waals surface area contributed by atoms with Gasteiger partial charge in [-0.2, -0.15) is 0 Å². The maximum atomic E-state index is 10.6. The monoisotopic (exact) mass is 322 g/mol. The first-order valence-corrected chi connectivity index (χ1v) is 6.82. The summed E-state index contributed by atoms with van der Waals surface area (Å²) in [6.45, 7) is 0.137. The van der Waals surface area contributed by atoms with Crippen molar-refractivity contribution in [3.8, 4) is 5.75 Å². The number of hydrogen-bond acceptors (Lipinski definition) is 6. The van der Waals surface area contributed by atoms with Crippen LogP contribution in [0.2, 0.25) is 5.02 Å². The van der Waals surface area contributed by atoms with Gasteiger partial charge in [-0.3, -0.25) is 4.79 Å². The molecule has 0 aliphatic rings. The second kappa shape index (κ2) is 6.07. The molecule has 114 valence electrons. The molecule has 1 N–H and O–H groups in total. The highest BCUT2D eigenvalue weighted by Crippen LogP contribution is 2.32. The van der Waals surface area contributed by atoms with E-state index in [0.29, 0.717) is 33.3 Å². The summed E-state index contributed by atoms with van der Waals surface area (Å²) in [5.74, 6) is -0.0580. The number of halogens is 1. The smallest absolute Gasteiger partial charge is 0.303 e. The highest BCUT2D eigenvalue weighted by Gasteiger charge is 2.14. The Bertz CT molecular complexity index is 797. The molecule has 0 aliphatic carbocycles. The van der Waals surface area contributed by atoms with Crippen LogP contribution in [-0.2, 0) is 17.8 Å². The summed E-state index contributed by atoms with van der Waals surface area (Å²) in [5.41, 5.74) is 1.03. The van der Waals surface area contributed by atoms with Crippen LogP contribution in [-0.4, -0.2) is 21.2 Å². The molecule has 3 rings (SSSR count). The average molecular weight is 323 g/mol. The zero-order chi connectivity index (χ0) is 15.5. The first-order chi connectivity index (χ1) is 10.6.